The molecule has 8 heteroatoms. The van der Waals surface area contributed by atoms with Gasteiger partial charge in [-0.05, 0) is 42.8 Å². The minimum absolute atomic E-state index is 0.338. The smallest absolute Gasteiger partial charge is 0.212 e. The first-order valence-corrected chi connectivity index (χ1v) is 9.51. The summed E-state index contributed by atoms with van der Waals surface area (Å²) < 4.78 is 24.4. The number of halogens is 2. The van der Waals surface area contributed by atoms with Gasteiger partial charge in [0.15, 0.2) is 0 Å². The van der Waals surface area contributed by atoms with Crippen LogP contribution in [0.2, 0.25) is 5.15 Å². The molecule has 6 nitrogen and oxygen atoms in total. The molecule has 0 aliphatic carbocycles. The van der Waals surface area contributed by atoms with Crippen molar-refractivity contribution in [3.8, 4) is 34.1 Å². The van der Waals surface area contributed by atoms with E-state index in [4.69, 9.17) is 21.1 Å². The van der Waals surface area contributed by atoms with Gasteiger partial charge in [0, 0.05) is 29.6 Å². The SMILES string of the molecule is COc1cc(OCc2ccc(C)cn2)ccc1-c1nc(-c2ccc(F)nc2)[nH]c1Cl. The van der Waals surface area contributed by atoms with Crippen molar-refractivity contribution in [2.75, 3.05) is 7.11 Å². The van der Waals surface area contributed by atoms with Gasteiger partial charge in [0.05, 0.1) is 12.8 Å². The Morgan fingerprint density at radius 2 is 1.93 bits per heavy atom. The van der Waals surface area contributed by atoms with Crippen LogP contribution in [0.15, 0.2) is 54.9 Å². The molecule has 3 aromatic heterocycles. The number of benzene rings is 1. The quantitative estimate of drug-likeness (QED) is 0.429. The maximum atomic E-state index is 13.1. The zero-order valence-electron chi connectivity index (χ0n) is 16.3. The summed E-state index contributed by atoms with van der Waals surface area (Å²) in [6, 6.07) is 12.2. The van der Waals surface area contributed by atoms with E-state index in [0.29, 0.717) is 45.9 Å². The van der Waals surface area contributed by atoms with E-state index in [2.05, 4.69) is 19.9 Å². The number of methoxy groups -OCH3 is 1. The molecule has 30 heavy (non-hydrogen) atoms. The van der Waals surface area contributed by atoms with E-state index in [0.717, 1.165) is 11.3 Å². The van der Waals surface area contributed by atoms with Crippen LogP contribution in [0.3, 0.4) is 0 Å². The van der Waals surface area contributed by atoms with Gasteiger partial charge in [-0.1, -0.05) is 17.7 Å². The fourth-order valence-corrected chi connectivity index (χ4v) is 3.11. The van der Waals surface area contributed by atoms with Gasteiger partial charge < -0.3 is 14.5 Å². The van der Waals surface area contributed by atoms with Crippen LogP contribution in [0, 0.1) is 12.9 Å². The van der Waals surface area contributed by atoms with Crippen LogP contribution in [-0.4, -0.2) is 27.0 Å². The van der Waals surface area contributed by atoms with Gasteiger partial charge in [0.2, 0.25) is 5.95 Å². The summed E-state index contributed by atoms with van der Waals surface area (Å²) in [7, 11) is 1.56. The molecule has 0 spiro atoms. The highest BCUT2D eigenvalue weighted by atomic mass is 35.5. The van der Waals surface area contributed by atoms with Gasteiger partial charge in [-0.3, -0.25) is 4.98 Å². The Hall–Kier alpha value is -3.45. The second-order valence-corrected chi connectivity index (χ2v) is 6.97. The largest absolute Gasteiger partial charge is 0.496 e. The molecule has 0 saturated heterocycles. The first kappa shape index (κ1) is 19.8. The van der Waals surface area contributed by atoms with Gasteiger partial charge in [0.1, 0.15) is 34.8 Å². The highest BCUT2D eigenvalue weighted by Gasteiger charge is 2.17. The van der Waals surface area contributed by atoms with Crippen molar-refractivity contribution in [2.45, 2.75) is 13.5 Å². The molecule has 4 aromatic rings. The van der Waals surface area contributed by atoms with Crippen molar-refractivity contribution in [3.05, 3.63) is 77.2 Å². The molecule has 4 rings (SSSR count). The lowest BCUT2D eigenvalue weighted by molar-refractivity contribution is 0.299. The van der Waals surface area contributed by atoms with Crippen molar-refractivity contribution in [2.24, 2.45) is 0 Å². The molecular formula is C22H18ClFN4O2. The molecule has 3 heterocycles. The minimum Gasteiger partial charge on any atom is -0.496 e. The minimum atomic E-state index is -0.560. The monoisotopic (exact) mass is 424 g/mol. The molecule has 1 N–H and O–H groups in total. The molecule has 0 bridgehead atoms. The molecular weight excluding hydrogens is 407 g/mol. The number of aryl methyl sites for hydroxylation is 1. The van der Waals surface area contributed by atoms with Gasteiger partial charge >= 0.3 is 0 Å². The third kappa shape index (κ3) is 4.26. The average Bonchev–Trinajstić information content (AvgIpc) is 3.15. The second kappa shape index (κ2) is 8.51. The second-order valence-electron chi connectivity index (χ2n) is 6.60. The highest BCUT2D eigenvalue weighted by Crippen LogP contribution is 2.37. The molecule has 152 valence electrons. The van der Waals surface area contributed by atoms with Crippen LogP contribution < -0.4 is 9.47 Å². The number of nitrogens with zero attached hydrogens (tertiary/aromatic N) is 3. The zero-order chi connectivity index (χ0) is 21.1. The molecule has 0 aliphatic heterocycles. The Labute approximate surface area is 177 Å². The molecule has 0 atom stereocenters. The van der Waals surface area contributed by atoms with E-state index < -0.39 is 5.95 Å². The fourth-order valence-electron chi connectivity index (χ4n) is 2.88. The van der Waals surface area contributed by atoms with E-state index in [1.807, 2.05) is 31.2 Å². The summed E-state index contributed by atoms with van der Waals surface area (Å²) >= 11 is 6.38. The summed E-state index contributed by atoms with van der Waals surface area (Å²) in [5.41, 5.74) is 3.75. The third-order valence-electron chi connectivity index (χ3n) is 4.45. The number of aromatic nitrogens is 4. The predicted octanol–water partition coefficient (Wildman–Crippen LogP) is 5.22. The first-order chi connectivity index (χ1) is 14.5. The normalized spacial score (nSPS) is 10.8. The number of imidazole rings is 1. The zero-order valence-corrected chi connectivity index (χ0v) is 17.1. The van der Waals surface area contributed by atoms with Crippen molar-refractivity contribution in [1.82, 2.24) is 19.9 Å². The Morgan fingerprint density at radius 1 is 1.07 bits per heavy atom. The lowest BCUT2D eigenvalue weighted by Crippen LogP contribution is -1.99. The number of nitrogens with one attached hydrogen (secondary N) is 1. The number of pyridine rings is 2. The van der Waals surface area contributed by atoms with Crippen LogP contribution in [0.25, 0.3) is 22.6 Å². The van der Waals surface area contributed by atoms with E-state index in [1.54, 1.807) is 25.4 Å². The van der Waals surface area contributed by atoms with Crippen LogP contribution in [0.5, 0.6) is 11.5 Å². The highest BCUT2D eigenvalue weighted by molar-refractivity contribution is 6.32. The van der Waals surface area contributed by atoms with E-state index in [9.17, 15) is 4.39 Å². The van der Waals surface area contributed by atoms with Crippen molar-refractivity contribution in [1.29, 1.82) is 0 Å². The van der Waals surface area contributed by atoms with Crippen molar-refractivity contribution >= 4 is 11.6 Å². The molecule has 0 aliphatic rings. The molecule has 0 unspecified atom stereocenters. The van der Waals surface area contributed by atoms with Crippen LogP contribution in [0.4, 0.5) is 4.39 Å². The lowest BCUT2D eigenvalue weighted by atomic mass is 10.1. The summed E-state index contributed by atoms with van der Waals surface area (Å²) in [6.07, 6.45) is 3.19. The van der Waals surface area contributed by atoms with Gasteiger partial charge in [0.25, 0.3) is 0 Å². The van der Waals surface area contributed by atoms with Crippen LogP contribution >= 0.6 is 11.6 Å². The standard InChI is InChI=1S/C22H18ClFN4O2/c1-13-3-5-15(25-10-13)12-30-16-6-7-17(18(9-16)29-2)20-21(23)28-22(27-20)14-4-8-19(24)26-11-14/h3-11H,12H2,1-2H3,(H,27,28). The molecule has 0 radical (unpaired) electrons. The molecule has 0 saturated carbocycles. The van der Waals surface area contributed by atoms with E-state index in [1.165, 1.54) is 12.3 Å². The Kier molecular flexibility index (Phi) is 5.63. The third-order valence-corrected chi connectivity index (χ3v) is 4.72. The van der Waals surface area contributed by atoms with Gasteiger partial charge in [-0.2, -0.15) is 4.39 Å². The summed E-state index contributed by atoms with van der Waals surface area (Å²) in [5, 5.41) is 0.338. The first-order valence-electron chi connectivity index (χ1n) is 9.13. The molecule has 0 amide bonds. The van der Waals surface area contributed by atoms with Crippen LogP contribution in [0.1, 0.15) is 11.3 Å². The fraction of sp³-hybridized carbons (Fsp3) is 0.136. The average molecular weight is 425 g/mol. The topological polar surface area (TPSA) is 72.9 Å². The molecule has 0 fully saturated rings. The Bertz CT molecular complexity index is 1160. The Morgan fingerprint density at radius 3 is 2.63 bits per heavy atom. The van der Waals surface area contributed by atoms with Crippen molar-refractivity contribution < 1.29 is 13.9 Å². The number of H-pyrrole nitrogens is 1. The number of hydrogen-bond donors (Lipinski definition) is 1. The molecule has 1 aromatic carbocycles. The number of aromatic amines is 1. The van der Waals surface area contributed by atoms with E-state index in [-0.39, 0.29) is 0 Å². The summed E-state index contributed by atoms with van der Waals surface area (Å²) in [4.78, 5) is 15.5. The summed E-state index contributed by atoms with van der Waals surface area (Å²) in [5.74, 6) is 1.11. The summed E-state index contributed by atoms with van der Waals surface area (Å²) in [6.45, 7) is 2.33. The maximum Gasteiger partial charge on any atom is 0.212 e. The van der Waals surface area contributed by atoms with Crippen molar-refractivity contribution in [3.63, 3.8) is 0 Å². The predicted molar refractivity (Wildman–Crippen MR) is 112 cm³/mol. The lowest BCUT2D eigenvalue weighted by Gasteiger charge is -2.11. The van der Waals surface area contributed by atoms with Gasteiger partial charge in [-0.15, -0.1) is 0 Å². The van der Waals surface area contributed by atoms with Gasteiger partial charge in [-0.25, -0.2) is 9.97 Å². The van der Waals surface area contributed by atoms with E-state index >= 15 is 0 Å². The maximum absolute atomic E-state index is 13.1. The Balaban J connectivity index is 1.58. The number of rotatable bonds is 6. The number of ether oxygens (including phenoxy) is 2. The van der Waals surface area contributed by atoms with Crippen LogP contribution in [-0.2, 0) is 6.61 Å². The number of hydrogen-bond acceptors (Lipinski definition) is 5.